The fourth-order valence-electron chi connectivity index (χ4n) is 2.86. The highest BCUT2D eigenvalue weighted by molar-refractivity contribution is 5.44. The summed E-state index contributed by atoms with van der Waals surface area (Å²) in [5.41, 5.74) is 10.1. The summed E-state index contributed by atoms with van der Waals surface area (Å²) < 4.78 is 19.8. The molecule has 0 aliphatic rings. The maximum atomic E-state index is 13.9. The van der Waals surface area contributed by atoms with Gasteiger partial charge in [0, 0.05) is 0 Å². The molecule has 0 amide bonds. The number of benzene rings is 2. The van der Waals surface area contributed by atoms with E-state index in [0.29, 0.717) is 18.7 Å². The molecule has 3 heteroatoms. The van der Waals surface area contributed by atoms with E-state index in [1.807, 2.05) is 12.1 Å². The standard InChI is InChI=1S/C20H26FNO/c1-14-10-11-15(2)20(16(14)3)23-12-6-7-17(13-22)18-8-4-5-9-19(18)21/h4-5,8-11,17H,6-7,12-13,22H2,1-3H3. The second-order valence-corrected chi connectivity index (χ2v) is 6.10. The van der Waals surface area contributed by atoms with Crippen LogP contribution >= 0.6 is 0 Å². The van der Waals surface area contributed by atoms with Gasteiger partial charge in [0.25, 0.3) is 0 Å². The molecule has 1 unspecified atom stereocenters. The van der Waals surface area contributed by atoms with Crippen LogP contribution in [0.3, 0.4) is 0 Å². The highest BCUT2D eigenvalue weighted by atomic mass is 19.1. The molecule has 2 rings (SSSR count). The third kappa shape index (κ3) is 4.32. The van der Waals surface area contributed by atoms with Crippen molar-refractivity contribution >= 4 is 0 Å². The Morgan fingerprint density at radius 3 is 2.43 bits per heavy atom. The molecule has 0 heterocycles. The zero-order valence-corrected chi connectivity index (χ0v) is 14.2. The molecule has 0 saturated carbocycles. The fourth-order valence-corrected chi connectivity index (χ4v) is 2.86. The Kier molecular flexibility index (Phi) is 6.17. The second-order valence-electron chi connectivity index (χ2n) is 6.10. The Bertz CT molecular complexity index is 654. The molecule has 0 spiro atoms. The van der Waals surface area contributed by atoms with Crippen molar-refractivity contribution < 1.29 is 9.13 Å². The van der Waals surface area contributed by atoms with Crippen LogP contribution in [0.2, 0.25) is 0 Å². The lowest BCUT2D eigenvalue weighted by atomic mass is 9.94. The first kappa shape index (κ1) is 17.5. The quantitative estimate of drug-likeness (QED) is 0.755. The van der Waals surface area contributed by atoms with Crippen LogP contribution in [0, 0.1) is 26.6 Å². The molecule has 0 aromatic heterocycles. The van der Waals surface area contributed by atoms with Gasteiger partial charge in [-0.3, -0.25) is 0 Å². The highest BCUT2D eigenvalue weighted by Gasteiger charge is 2.14. The van der Waals surface area contributed by atoms with Crippen LogP contribution < -0.4 is 10.5 Å². The molecule has 0 radical (unpaired) electrons. The molecular weight excluding hydrogens is 289 g/mol. The van der Waals surface area contributed by atoms with E-state index in [1.54, 1.807) is 6.07 Å². The topological polar surface area (TPSA) is 35.2 Å². The van der Waals surface area contributed by atoms with Gasteiger partial charge in [-0.25, -0.2) is 4.39 Å². The minimum Gasteiger partial charge on any atom is -0.493 e. The zero-order valence-electron chi connectivity index (χ0n) is 14.2. The monoisotopic (exact) mass is 315 g/mol. The average molecular weight is 315 g/mol. The summed E-state index contributed by atoms with van der Waals surface area (Å²) >= 11 is 0. The minimum absolute atomic E-state index is 0.0412. The molecule has 0 aliphatic carbocycles. The number of ether oxygens (including phenoxy) is 1. The number of hydrogen-bond donors (Lipinski definition) is 1. The van der Waals surface area contributed by atoms with Crippen molar-refractivity contribution in [1.82, 2.24) is 0 Å². The fraction of sp³-hybridized carbons (Fsp3) is 0.400. The van der Waals surface area contributed by atoms with Crippen molar-refractivity contribution in [3.63, 3.8) is 0 Å². The molecule has 2 N–H and O–H groups in total. The van der Waals surface area contributed by atoms with Gasteiger partial charge in [-0.05, 0) is 74.4 Å². The lowest BCUT2D eigenvalue weighted by Crippen LogP contribution is -2.15. The van der Waals surface area contributed by atoms with Gasteiger partial charge in [-0.2, -0.15) is 0 Å². The van der Waals surface area contributed by atoms with Gasteiger partial charge in [0.05, 0.1) is 6.61 Å². The van der Waals surface area contributed by atoms with E-state index in [-0.39, 0.29) is 11.7 Å². The van der Waals surface area contributed by atoms with E-state index in [2.05, 4.69) is 32.9 Å². The SMILES string of the molecule is Cc1ccc(C)c(OCCCC(CN)c2ccccc2F)c1C. The van der Waals surface area contributed by atoms with Crippen LogP contribution in [-0.4, -0.2) is 13.2 Å². The van der Waals surface area contributed by atoms with Crippen molar-refractivity contribution in [3.05, 3.63) is 64.5 Å². The molecule has 1 atom stereocenters. The molecule has 23 heavy (non-hydrogen) atoms. The summed E-state index contributed by atoms with van der Waals surface area (Å²) in [6.45, 7) is 7.30. The van der Waals surface area contributed by atoms with Crippen LogP contribution in [0.1, 0.15) is 41.0 Å². The van der Waals surface area contributed by atoms with Crippen LogP contribution in [0.15, 0.2) is 36.4 Å². The Labute approximate surface area is 138 Å². The van der Waals surface area contributed by atoms with Crippen molar-refractivity contribution in [2.45, 2.75) is 39.5 Å². The zero-order chi connectivity index (χ0) is 16.8. The lowest BCUT2D eigenvalue weighted by Gasteiger charge is -2.17. The van der Waals surface area contributed by atoms with E-state index in [4.69, 9.17) is 10.5 Å². The number of nitrogens with two attached hydrogens (primary N) is 1. The molecule has 2 nitrogen and oxygen atoms in total. The Morgan fingerprint density at radius 1 is 1.04 bits per heavy atom. The molecular formula is C20H26FNO. The smallest absolute Gasteiger partial charge is 0.126 e. The van der Waals surface area contributed by atoms with E-state index >= 15 is 0 Å². The summed E-state index contributed by atoms with van der Waals surface area (Å²) in [6, 6.07) is 11.1. The summed E-state index contributed by atoms with van der Waals surface area (Å²) in [4.78, 5) is 0. The molecule has 2 aromatic carbocycles. The second kappa shape index (κ2) is 8.11. The van der Waals surface area contributed by atoms with E-state index in [0.717, 1.165) is 24.2 Å². The number of hydrogen-bond acceptors (Lipinski definition) is 2. The van der Waals surface area contributed by atoms with E-state index < -0.39 is 0 Å². The van der Waals surface area contributed by atoms with Crippen molar-refractivity contribution in [2.75, 3.05) is 13.2 Å². The van der Waals surface area contributed by atoms with Crippen molar-refractivity contribution in [1.29, 1.82) is 0 Å². The molecule has 124 valence electrons. The largest absolute Gasteiger partial charge is 0.493 e. The van der Waals surface area contributed by atoms with E-state index in [9.17, 15) is 4.39 Å². The molecule has 0 fully saturated rings. The summed E-state index contributed by atoms with van der Waals surface area (Å²) in [7, 11) is 0. The van der Waals surface area contributed by atoms with Gasteiger partial charge >= 0.3 is 0 Å². The van der Waals surface area contributed by atoms with Crippen LogP contribution in [0.25, 0.3) is 0 Å². The molecule has 0 aliphatic heterocycles. The third-order valence-electron chi connectivity index (χ3n) is 4.45. The minimum atomic E-state index is -0.172. The van der Waals surface area contributed by atoms with Gasteiger partial charge in [0.1, 0.15) is 11.6 Å². The maximum Gasteiger partial charge on any atom is 0.126 e. The van der Waals surface area contributed by atoms with Crippen molar-refractivity contribution in [3.8, 4) is 5.75 Å². The third-order valence-corrected chi connectivity index (χ3v) is 4.45. The summed E-state index contributed by atoms with van der Waals surface area (Å²) in [5.74, 6) is 0.842. The first-order valence-corrected chi connectivity index (χ1v) is 8.18. The number of halogens is 1. The highest BCUT2D eigenvalue weighted by Crippen LogP contribution is 2.27. The van der Waals surface area contributed by atoms with Gasteiger partial charge < -0.3 is 10.5 Å². The predicted octanol–water partition coefficient (Wildman–Crippen LogP) is 4.65. The van der Waals surface area contributed by atoms with Crippen molar-refractivity contribution in [2.24, 2.45) is 5.73 Å². The Balaban J connectivity index is 1.92. The Hall–Kier alpha value is -1.87. The molecule has 0 bridgehead atoms. The maximum absolute atomic E-state index is 13.9. The average Bonchev–Trinajstić information content (AvgIpc) is 2.55. The predicted molar refractivity (Wildman–Crippen MR) is 93.6 cm³/mol. The van der Waals surface area contributed by atoms with Gasteiger partial charge in [-0.1, -0.05) is 30.3 Å². The number of aryl methyl sites for hydroxylation is 2. The van der Waals surface area contributed by atoms with E-state index in [1.165, 1.54) is 17.2 Å². The van der Waals surface area contributed by atoms with Gasteiger partial charge in [0.2, 0.25) is 0 Å². The lowest BCUT2D eigenvalue weighted by molar-refractivity contribution is 0.297. The first-order chi connectivity index (χ1) is 11.0. The first-order valence-electron chi connectivity index (χ1n) is 8.18. The number of rotatable bonds is 7. The summed E-state index contributed by atoms with van der Waals surface area (Å²) in [6.07, 6.45) is 1.67. The van der Waals surface area contributed by atoms with Crippen LogP contribution in [0.5, 0.6) is 5.75 Å². The Morgan fingerprint density at radius 2 is 1.74 bits per heavy atom. The van der Waals surface area contributed by atoms with Crippen LogP contribution in [0.4, 0.5) is 4.39 Å². The normalized spacial score (nSPS) is 12.2. The van der Waals surface area contributed by atoms with Gasteiger partial charge in [0.15, 0.2) is 0 Å². The van der Waals surface area contributed by atoms with Gasteiger partial charge in [-0.15, -0.1) is 0 Å². The molecule has 2 aromatic rings. The van der Waals surface area contributed by atoms with Crippen LogP contribution in [-0.2, 0) is 0 Å². The molecule has 0 saturated heterocycles. The summed E-state index contributed by atoms with van der Waals surface area (Å²) in [5, 5.41) is 0.